The molecule has 0 radical (unpaired) electrons. The van der Waals surface area contributed by atoms with Crippen LogP contribution in [-0.4, -0.2) is 23.0 Å². The molecular formula is C15H14F3IN2O2. The van der Waals surface area contributed by atoms with Crippen LogP contribution in [0.3, 0.4) is 0 Å². The van der Waals surface area contributed by atoms with Gasteiger partial charge in [-0.2, -0.15) is 18.3 Å². The van der Waals surface area contributed by atoms with Crippen molar-refractivity contribution in [3.8, 4) is 11.4 Å². The van der Waals surface area contributed by atoms with Gasteiger partial charge in [0.25, 0.3) is 0 Å². The number of halogens is 4. The van der Waals surface area contributed by atoms with Crippen LogP contribution in [-0.2, 0) is 23.9 Å². The summed E-state index contributed by atoms with van der Waals surface area (Å²) in [5.74, 6) is -0.214. The monoisotopic (exact) mass is 438 g/mol. The van der Waals surface area contributed by atoms with E-state index in [4.69, 9.17) is 9.47 Å². The Balaban J connectivity index is 2.10. The van der Waals surface area contributed by atoms with Crippen LogP contribution in [0.4, 0.5) is 13.2 Å². The van der Waals surface area contributed by atoms with Gasteiger partial charge in [0.2, 0.25) is 0 Å². The summed E-state index contributed by atoms with van der Waals surface area (Å²) in [6.07, 6.45) is -3.75. The van der Waals surface area contributed by atoms with E-state index in [2.05, 4.69) is 27.7 Å². The summed E-state index contributed by atoms with van der Waals surface area (Å²) in [6.45, 7) is 2.42. The van der Waals surface area contributed by atoms with Crippen molar-refractivity contribution in [2.24, 2.45) is 0 Å². The van der Waals surface area contributed by atoms with Crippen molar-refractivity contribution in [1.29, 1.82) is 0 Å². The number of methoxy groups -OCH3 is 1. The van der Waals surface area contributed by atoms with Crippen LogP contribution in [0.1, 0.15) is 23.7 Å². The largest absolute Gasteiger partial charge is 0.496 e. The van der Waals surface area contributed by atoms with Crippen molar-refractivity contribution in [1.82, 2.24) is 9.78 Å². The first kappa shape index (κ1) is 16.6. The molecule has 4 nitrogen and oxygen atoms in total. The quantitative estimate of drug-likeness (QED) is 0.667. The molecule has 0 unspecified atom stereocenters. The van der Waals surface area contributed by atoms with E-state index in [-0.39, 0.29) is 11.9 Å². The van der Waals surface area contributed by atoms with Crippen LogP contribution in [0.5, 0.6) is 5.75 Å². The summed E-state index contributed by atoms with van der Waals surface area (Å²) in [5.41, 5.74) is 1.71. The molecule has 1 aliphatic rings. The van der Waals surface area contributed by atoms with Gasteiger partial charge < -0.3 is 9.47 Å². The molecule has 2 aromatic rings. The Bertz CT molecular complexity index is 743. The van der Waals surface area contributed by atoms with Crippen molar-refractivity contribution in [2.45, 2.75) is 32.2 Å². The van der Waals surface area contributed by atoms with Crippen LogP contribution >= 0.6 is 22.6 Å². The minimum Gasteiger partial charge on any atom is -0.496 e. The van der Waals surface area contributed by atoms with Crippen LogP contribution in [0.15, 0.2) is 18.2 Å². The highest BCUT2D eigenvalue weighted by Crippen LogP contribution is 2.37. The number of hydrogen-bond acceptors (Lipinski definition) is 3. The number of nitrogens with zero attached hydrogens (tertiary/aromatic N) is 2. The van der Waals surface area contributed by atoms with Gasteiger partial charge in [0.05, 0.1) is 36.8 Å². The molecule has 3 rings (SSSR count). The normalized spacial score (nSPS) is 17.9. The smallest absolute Gasteiger partial charge is 0.419 e. The Morgan fingerprint density at radius 1 is 1.39 bits per heavy atom. The molecule has 0 saturated heterocycles. The molecule has 23 heavy (non-hydrogen) atoms. The lowest BCUT2D eigenvalue weighted by Gasteiger charge is -2.21. The van der Waals surface area contributed by atoms with Gasteiger partial charge >= 0.3 is 6.18 Å². The number of alkyl halides is 3. The highest BCUT2D eigenvalue weighted by molar-refractivity contribution is 14.1. The average molecular weight is 438 g/mol. The molecule has 0 amide bonds. The molecule has 0 saturated carbocycles. The van der Waals surface area contributed by atoms with Gasteiger partial charge in [0.1, 0.15) is 9.45 Å². The van der Waals surface area contributed by atoms with Crippen molar-refractivity contribution in [3.63, 3.8) is 0 Å². The number of fused-ring (bicyclic) bond motifs is 1. The van der Waals surface area contributed by atoms with E-state index in [0.717, 1.165) is 21.0 Å². The summed E-state index contributed by atoms with van der Waals surface area (Å²) in [6, 6.07) is 3.80. The molecule has 0 spiro atoms. The standard InChI is InChI=1S/C15H14F3IN2O2/c1-8-5-12-10(7-23-8)14(19)20-21(12)9-3-4-11(15(16,17)18)13(6-9)22-2/h3-4,6,8H,5,7H2,1-2H3/t8-/m0/s1. The van der Waals surface area contributed by atoms with E-state index in [1.165, 1.54) is 19.2 Å². The van der Waals surface area contributed by atoms with E-state index in [1.807, 2.05) is 6.92 Å². The second-order valence-electron chi connectivity index (χ2n) is 5.34. The lowest BCUT2D eigenvalue weighted by molar-refractivity contribution is -0.138. The molecule has 1 aromatic heterocycles. The van der Waals surface area contributed by atoms with Crippen molar-refractivity contribution in [3.05, 3.63) is 38.7 Å². The molecule has 2 heterocycles. The van der Waals surface area contributed by atoms with Crippen LogP contribution < -0.4 is 4.74 Å². The van der Waals surface area contributed by atoms with E-state index in [1.54, 1.807) is 4.68 Å². The fraction of sp³-hybridized carbons (Fsp3) is 0.400. The van der Waals surface area contributed by atoms with Crippen LogP contribution in [0.25, 0.3) is 5.69 Å². The first-order valence-electron chi connectivity index (χ1n) is 6.94. The maximum atomic E-state index is 13.0. The van der Waals surface area contributed by atoms with Gasteiger partial charge in [-0.05, 0) is 41.6 Å². The first-order chi connectivity index (χ1) is 10.8. The lowest BCUT2D eigenvalue weighted by Crippen LogP contribution is -2.21. The van der Waals surface area contributed by atoms with Gasteiger partial charge in [-0.1, -0.05) is 0 Å². The maximum Gasteiger partial charge on any atom is 0.419 e. The molecule has 0 fully saturated rings. The molecule has 1 aliphatic heterocycles. The minimum absolute atomic E-state index is 0.0464. The minimum atomic E-state index is -4.45. The van der Waals surface area contributed by atoms with Crippen molar-refractivity contribution >= 4 is 22.6 Å². The molecular weight excluding hydrogens is 424 g/mol. The van der Waals surface area contributed by atoms with E-state index < -0.39 is 11.7 Å². The third-order valence-corrected chi connectivity index (χ3v) is 4.64. The Labute approximate surface area is 144 Å². The van der Waals surface area contributed by atoms with Crippen molar-refractivity contribution in [2.75, 3.05) is 7.11 Å². The molecule has 0 bridgehead atoms. The predicted octanol–water partition coefficient (Wildman–Crippen LogP) is 3.97. The Morgan fingerprint density at radius 3 is 2.78 bits per heavy atom. The number of rotatable bonds is 2. The second-order valence-corrected chi connectivity index (χ2v) is 6.36. The number of hydrogen-bond donors (Lipinski definition) is 0. The Hall–Kier alpha value is -1.29. The van der Waals surface area contributed by atoms with Gasteiger partial charge in [0, 0.05) is 18.1 Å². The number of ether oxygens (including phenoxy) is 2. The molecule has 124 valence electrons. The van der Waals surface area contributed by atoms with Crippen molar-refractivity contribution < 1.29 is 22.6 Å². The van der Waals surface area contributed by atoms with Gasteiger partial charge in [-0.3, -0.25) is 0 Å². The molecule has 1 atom stereocenters. The molecule has 0 N–H and O–H groups in total. The Kier molecular flexibility index (Phi) is 4.30. The zero-order chi connectivity index (χ0) is 16.8. The predicted molar refractivity (Wildman–Crippen MR) is 85.8 cm³/mol. The van der Waals surface area contributed by atoms with Crippen LogP contribution in [0, 0.1) is 3.70 Å². The maximum absolute atomic E-state index is 13.0. The highest BCUT2D eigenvalue weighted by Gasteiger charge is 2.34. The SMILES string of the molecule is COc1cc(-n2nc(I)c3c2C[C@H](C)OC3)ccc1C(F)(F)F. The van der Waals surface area contributed by atoms with Crippen LogP contribution in [0.2, 0.25) is 0 Å². The topological polar surface area (TPSA) is 36.3 Å². The zero-order valence-corrected chi connectivity index (χ0v) is 14.6. The average Bonchev–Trinajstić information content (AvgIpc) is 2.82. The zero-order valence-electron chi connectivity index (χ0n) is 12.4. The lowest BCUT2D eigenvalue weighted by atomic mass is 10.1. The van der Waals surface area contributed by atoms with E-state index in [0.29, 0.717) is 18.7 Å². The van der Waals surface area contributed by atoms with Gasteiger partial charge in [-0.15, -0.1) is 0 Å². The third-order valence-electron chi connectivity index (χ3n) is 3.77. The summed E-state index contributed by atoms with van der Waals surface area (Å²) in [4.78, 5) is 0. The summed E-state index contributed by atoms with van der Waals surface area (Å²) in [5, 5.41) is 4.45. The van der Waals surface area contributed by atoms with Gasteiger partial charge in [0.15, 0.2) is 0 Å². The van der Waals surface area contributed by atoms with Gasteiger partial charge in [-0.25, -0.2) is 4.68 Å². The summed E-state index contributed by atoms with van der Waals surface area (Å²) in [7, 11) is 1.23. The highest BCUT2D eigenvalue weighted by atomic mass is 127. The summed E-state index contributed by atoms with van der Waals surface area (Å²) >= 11 is 2.11. The first-order valence-corrected chi connectivity index (χ1v) is 8.02. The third kappa shape index (κ3) is 3.06. The fourth-order valence-corrected chi connectivity index (χ4v) is 3.31. The van der Waals surface area contributed by atoms with E-state index >= 15 is 0 Å². The summed E-state index contributed by atoms with van der Waals surface area (Å²) < 4.78 is 51.9. The number of aromatic nitrogens is 2. The number of benzene rings is 1. The second kappa shape index (κ2) is 5.97. The molecule has 1 aromatic carbocycles. The molecule has 0 aliphatic carbocycles. The Morgan fingerprint density at radius 2 is 2.13 bits per heavy atom. The molecule has 8 heteroatoms. The van der Waals surface area contributed by atoms with E-state index in [9.17, 15) is 13.2 Å². The fourth-order valence-electron chi connectivity index (χ4n) is 2.62.